The summed E-state index contributed by atoms with van der Waals surface area (Å²) in [7, 11) is -3.60. The van der Waals surface area contributed by atoms with Gasteiger partial charge in [-0.1, -0.05) is 31.5 Å². The van der Waals surface area contributed by atoms with Gasteiger partial charge >= 0.3 is 5.97 Å². The van der Waals surface area contributed by atoms with E-state index in [0.29, 0.717) is 18.8 Å². The molecule has 2 aromatic rings. The van der Waals surface area contributed by atoms with Crippen LogP contribution in [0.2, 0.25) is 0 Å². The highest BCUT2D eigenvalue weighted by Crippen LogP contribution is 2.18. The monoisotopic (exact) mass is 432 g/mol. The Balaban J connectivity index is 2.05. The molecule has 0 saturated heterocycles. The van der Waals surface area contributed by atoms with Crippen LogP contribution in [0.15, 0.2) is 47.4 Å². The molecule has 0 aromatic heterocycles. The third-order valence-electron chi connectivity index (χ3n) is 4.73. The number of hydrogen-bond donors (Lipinski definition) is 1. The van der Waals surface area contributed by atoms with Crippen LogP contribution in [0.4, 0.5) is 5.69 Å². The van der Waals surface area contributed by atoms with E-state index in [1.165, 1.54) is 35.5 Å². The van der Waals surface area contributed by atoms with Gasteiger partial charge in [-0.15, -0.1) is 0 Å². The van der Waals surface area contributed by atoms with Crippen LogP contribution in [-0.4, -0.2) is 43.8 Å². The summed E-state index contributed by atoms with van der Waals surface area (Å²) in [4.78, 5) is 24.8. The summed E-state index contributed by atoms with van der Waals surface area (Å²) in [6.07, 6.45) is -1.02. The van der Waals surface area contributed by atoms with Gasteiger partial charge in [-0.2, -0.15) is 4.31 Å². The first kappa shape index (κ1) is 23.6. The Morgan fingerprint density at radius 3 is 2.17 bits per heavy atom. The van der Waals surface area contributed by atoms with E-state index in [1.54, 1.807) is 19.9 Å². The fourth-order valence-corrected chi connectivity index (χ4v) is 4.40. The van der Waals surface area contributed by atoms with E-state index in [-0.39, 0.29) is 10.5 Å². The zero-order chi connectivity index (χ0) is 22.5. The van der Waals surface area contributed by atoms with Crippen LogP contribution in [0.1, 0.15) is 42.3 Å². The van der Waals surface area contributed by atoms with Crippen LogP contribution in [0.5, 0.6) is 0 Å². The van der Waals surface area contributed by atoms with E-state index in [1.807, 2.05) is 26.0 Å². The highest BCUT2D eigenvalue weighted by molar-refractivity contribution is 7.89. The van der Waals surface area contributed by atoms with Crippen LogP contribution < -0.4 is 5.32 Å². The number of carbonyl (C=O) groups is 2. The lowest BCUT2D eigenvalue weighted by Crippen LogP contribution is -2.31. The summed E-state index contributed by atoms with van der Waals surface area (Å²) in [6.45, 7) is 9.56. The molecule has 1 atom stereocenters. The molecule has 1 unspecified atom stereocenters. The van der Waals surface area contributed by atoms with Gasteiger partial charge in [-0.3, -0.25) is 4.79 Å². The topological polar surface area (TPSA) is 92.8 Å². The van der Waals surface area contributed by atoms with Gasteiger partial charge in [0.15, 0.2) is 6.10 Å². The number of carbonyl (C=O) groups excluding carboxylic acids is 2. The number of amides is 1. The highest BCUT2D eigenvalue weighted by Gasteiger charge is 2.23. The smallest absolute Gasteiger partial charge is 0.338 e. The van der Waals surface area contributed by atoms with E-state index in [2.05, 4.69) is 5.32 Å². The van der Waals surface area contributed by atoms with Crippen molar-refractivity contribution >= 4 is 27.6 Å². The lowest BCUT2D eigenvalue weighted by molar-refractivity contribution is -0.123. The number of esters is 1. The van der Waals surface area contributed by atoms with Crippen molar-refractivity contribution in [2.45, 2.75) is 45.6 Å². The van der Waals surface area contributed by atoms with Gasteiger partial charge in [0.1, 0.15) is 0 Å². The van der Waals surface area contributed by atoms with Gasteiger partial charge < -0.3 is 10.1 Å². The van der Waals surface area contributed by atoms with Crippen molar-refractivity contribution in [1.82, 2.24) is 4.31 Å². The van der Waals surface area contributed by atoms with Gasteiger partial charge in [0.05, 0.1) is 10.5 Å². The third-order valence-corrected chi connectivity index (χ3v) is 6.79. The first-order chi connectivity index (χ1) is 14.1. The molecule has 1 amide bonds. The number of ether oxygens (including phenoxy) is 1. The molecule has 7 nitrogen and oxygen atoms in total. The number of sulfonamides is 1. The second kappa shape index (κ2) is 9.86. The maximum atomic E-state index is 12.5. The first-order valence-corrected chi connectivity index (χ1v) is 11.2. The molecule has 0 saturated carbocycles. The number of rotatable bonds is 8. The van der Waals surface area contributed by atoms with Crippen LogP contribution in [0, 0.1) is 13.8 Å². The number of hydrogen-bond acceptors (Lipinski definition) is 5. The fraction of sp³-hybridized carbons (Fsp3) is 0.364. The quantitative estimate of drug-likeness (QED) is 0.645. The van der Waals surface area contributed by atoms with Crippen molar-refractivity contribution < 1.29 is 22.7 Å². The SMILES string of the molecule is CCN(CC)S(=O)(=O)c1ccc(C(=O)OC(C)C(=O)Nc2ccc(C)cc2C)cc1. The molecule has 0 radical (unpaired) electrons. The largest absolute Gasteiger partial charge is 0.449 e. The Morgan fingerprint density at radius 2 is 1.63 bits per heavy atom. The summed E-state index contributed by atoms with van der Waals surface area (Å²) >= 11 is 0. The molecule has 8 heteroatoms. The minimum absolute atomic E-state index is 0.100. The van der Waals surface area contributed by atoms with Gasteiger partial charge in [0.2, 0.25) is 10.0 Å². The Labute approximate surface area is 178 Å². The molecule has 162 valence electrons. The fourth-order valence-electron chi connectivity index (χ4n) is 2.95. The van der Waals surface area contributed by atoms with Crippen molar-refractivity contribution in [3.05, 3.63) is 59.2 Å². The zero-order valence-corrected chi connectivity index (χ0v) is 18.7. The molecule has 0 aliphatic heterocycles. The van der Waals surface area contributed by atoms with Crippen molar-refractivity contribution in [1.29, 1.82) is 0 Å². The van der Waals surface area contributed by atoms with Gasteiger partial charge in [0, 0.05) is 18.8 Å². The van der Waals surface area contributed by atoms with Gasteiger partial charge in [0.25, 0.3) is 5.91 Å². The lowest BCUT2D eigenvalue weighted by Gasteiger charge is -2.18. The molecule has 2 aromatic carbocycles. The minimum Gasteiger partial charge on any atom is -0.449 e. The van der Waals surface area contributed by atoms with E-state index in [9.17, 15) is 18.0 Å². The summed E-state index contributed by atoms with van der Waals surface area (Å²) in [5.41, 5.74) is 2.81. The molecule has 0 aliphatic carbocycles. The van der Waals surface area contributed by atoms with Crippen LogP contribution >= 0.6 is 0 Å². The van der Waals surface area contributed by atoms with E-state index in [4.69, 9.17) is 4.74 Å². The Kier molecular flexibility index (Phi) is 7.75. The molecular formula is C22H28N2O5S. The number of benzene rings is 2. The average molecular weight is 433 g/mol. The molecule has 0 fully saturated rings. The maximum absolute atomic E-state index is 12.5. The number of nitrogens with one attached hydrogen (secondary N) is 1. The average Bonchev–Trinajstić information content (AvgIpc) is 2.70. The van der Waals surface area contributed by atoms with Gasteiger partial charge in [-0.25, -0.2) is 13.2 Å². The summed E-state index contributed by atoms with van der Waals surface area (Å²) in [5.74, 6) is -1.15. The molecule has 0 spiro atoms. The maximum Gasteiger partial charge on any atom is 0.338 e. The number of nitrogens with zero attached hydrogens (tertiary/aromatic N) is 1. The third kappa shape index (κ3) is 5.46. The van der Waals surface area contributed by atoms with Gasteiger partial charge in [-0.05, 0) is 56.7 Å². The summed E-state index contributed by atoms with van der Waals surface area (Å²) in [5, 5.41) is 2.75. The number of aryl methyl sites for hydroxylation is 2. The lowest BCUT2D eigenvalue weighted by atomic mass is 10.1. The molecule has 2 rings (SSSR count). The first-order valence-electron chi connectivity index (χ1n) is 9.79. The Bertz CT molecular complexity index is 1010. The second-order valence-electron chi connectivity index (χ2n) is 6.97. The zero-order valence-electron chi connectivity index (χ0n) is 17.9. The predicted octanol–water partition coefficient (Wildman–Crippen LogP) is 3.52. The van der Waals surface area contributed by atoms with Crippen LogP contribution in [-0.2, 0) is 19.6 Å². The van der Waals surface area contributed by atoms with Crippen LogP contribution in [0.3, 0.4) is 0 Å². The normalized spacial score (nSPS) is 12.5. The molecule has 0 aliphatic rings. The molecule has 0 heterocycles. The second-order valence-corrected chi connectivity index (χ2v) is 8.91. The highest BCUT2D eigenvalue weighted by atomic mass is 32.2. The molecule has 1 N–H and O–H groups in total. The summed E-state index contributed by atoms with van der Waals surface area (Å²) in [6, 6.07) is 11.1. The van der Waals surface area contributed by atoms with E-state index >= 15 is 0 Å². The molecule has 0 bridgehead atoms. The Hall–Kier alpha value is -2.71. The summed E-state index contributed by atoms with van der Waals surface area (Å²) < 4.78 is 31.6. The van der Waals surface area contributed by atoms with Crippen molar-refractivity contribution in [3.63, 3.8) is 0 Å². The van der Waals surface area contributed by atoms with Crippen LogP contribution in [0.25, 0.3) is 0 Å². The van der Waals surface area contributed by atoms with Crippen molar-refractivity contribution in [2.75, 3.05) is 18.4 Å². The minimum atomic E-state index is -3.60. The molecular weight excluding hydrogens is 404 g/mol. The molecule has 30 heavy (non-hydrogen) atoms. The predicted molar refractivity (Wildman–Crippen MR) is 116 cm³/mol. The van der Waals surface area contributed by atoms with Crippen molar-refractivity contribution in [3.8, 4) is 0 Å². The van der Waals surface area contributed by atoms with E-state index < -0.39 is 28.0 Å². The number of anilines is 1. The van der Waals surface area contributed by atoms with Crippen molar-refractivity contribution in [2.24, 2.45) is 0 Å². The van der Waals surface area contributed by atoms with E-state index in [0.717, 1.165) is 11.1 Å². The Morgan fingerprint density at radius 1 is 1.03 bits per heavy atom. The standard InChI is InChI=1S/C22H28N2O5S/c1-6-24(7-2)30(27,28)19-11-9-18(10-12-19)22(26)29-17(5)21(25)23-20-13-8-15(3)14-16(20)4/h8-14,17H,6-7H2,1-5H3,(H,23,25).